The zero-order valence-corrected chi connectivity index (χ0v) is 8.87. The minimum Gasteiger partial charge on any atom is -0.378 e. The fraction of sp³-hybridized carbons (Fsp3) is 0.214. The van der Waals surface area contributed by atoms with Crippen molar-refractivity contribution in [2.24, 2.45) is 0 Å². The van der Waals surface area contributed by atoms with Gasteiger partial charge in [0.05, 0.1) is 5.54 Å². The van der Waals surface area contributed by atoms with Gasteiger partial charge in [-0.3, -0.25) is 0 Å². The van der Waals surface area contributed by atoms with E-state index in [1.807, 2.05) is 12.2 Å². The van der Waals surface area contributed by atoms with Crippen molar-refractivity contribution < 1.29 is 0 Å². The Morgan fingerprint density at radius 1 is 1.13 bits per heavy atom. The quantitative estimate of drug-likeness (QED) is 0.729. The van der Waals surface area contributed by atoms with Crippen LogP contribution in [0.25, 0.3) is 0 Å². The van der Waals surface area contributed by atoms with Crippen LogP contribution in [0.1, 0.15) is 18.4 Å². The van der Waals surface area contributed by atoms with E-state index in [2.05, 4.69) is 49.2 Å². The van der Waals surface area contributed by atoms with Gasteiger partial charge in [-0.2, -0.15) is 0 Å². The van der Waals surface area contributed by atoms with E-state index < -0.39 is 0 Å². The molecule has 0 saturated carbocycles. The number of hydrogen-bond donors (Lipinski definition) is 1. The maximum absolute atomic E-state index is 3.82. The van der Waals surface area contributed by atoms with Gasteiger partial charge in [0.25, 0.3) is 0 Å². The van der Waals surface area contributed by atoms with E-state index >= 15 is 0 Å². The van der Waals surface area contributed by atoms with Crippen molar-refractivity contribution in [2.45, 2.75) is 18.4 Å². The number of para-hydroxylation sites is 1. The highest BCUT2D eigenvalue weighted by Crippen LogP contribution is 2.38. The minimum absolute atomic E-state index is 0.00676. The molecule has 1 aromatic carbocycles. The van der Waals surface area contributed by atoms with Crippen LogP contribution in [-0.4, -0.2) is 5.54 Å². The monoisotopic (exact) mass is 198 g/mol. The Morgan fingerprint density at radius 3 is 2.40 bits per heavy atom. The molecular formula is C14H16N. The molecule has 1 N–H and O–H groups in total. The molecule has 0 unspecified atom stereocenters. The molecule has 2 rings (SSSR count). The summed E-state index contributed by atoms with van der Waals surface area (Å²) < 4.78 is 0. The molecule has 1 heterocycles. The van der Waals surface area contributed by atoms with Gasteiger partial charge in [0.2, 0.25) is 0 Å². The van der Waals surface area contributed by atoms with Crippen LogP contribution in [0, 0.1) is 6.42 Å². The highest BCUT2D eigenvalue weighted by molar-refractivity contribution is 5.64. The molecule has 1 aliphatic rings. The molecule has 0 bridgehead atoms. The van der Waals surface area contributed by atoms with Crippen LogP contribution >= 0.6 is 0 Å². The Hall–Kier alpha value is -1.50. The molecule has 77 valence electrons. The normalized spacial score (nSPS) is 16.5. The van der Waals surface area contributed by atoms with E-state index in [4.69, 9.17) is 0 Å². The van der Waals surface area contributed by atoms with Crippen LogP contribution in [0.15, 0.2) is 49.6 Å². The average molecular weight is 198 g/mol. The number of fused-ring (bicyclic) bond motifs is 1. The Labute approximate surface area is 91.5 Å². The van der Waals surface area contributed by atoms with Crippen LogP contribution in [0.3, 0.4) is 0 Å². The van der Waals surface area contributed by atoms with Crippen molar-refractivity contribution in [2.75, 3.05) is 5.32 Å². The van der Waals surface area contributed by atoms with Gasteiger partial charge in [0.1, 0.15) is 0 Å². The molecule has 0 amide bonds. The van der Waals surface area contributed by atoms with Gasteiger partial charge in [-0.25, -0.2) is 0 Å². The molecule has 0 atom stereocenters. The Bertz CT molecular complexity index is 342. The fourth-order valence-corrected chi connectivity index (χ4v) is 2.16. The Morgan fingerprint density at radius 2 is 1.80 bits per heavy atom. The molecule has 0 saturated heterocycles. The number of anilines is 1. The van der Waals surface area contributed by atoms with Gasteiger partial charge in [-0.1, -0.05) is 30.4 Å². The summed E-state index contributed by atoms with van der Waals surface area (Å²) in [6.45, 7) is 7.64. The van der Waals surface area contributed by atoms with Crippen LogP contribution in [0.2, 0.25) is 0 Å². The van der Waals surface area contributed by atoms with E-state index in [1.165, 1.54) is 11.3 Å². The molecule has 1 radical (unpaired) electrons. The molecule has 1 aromatic rings. The minimum atomic E-state index is -0.00676. The molecule has 0 fully saturated rings. The Kier molecular flexibility index (Phi) is 2.63. The van der Waals surface area contributed by atoms with Gasteiger partial charge in [-0.05, 0) is 24.5 Å². The number of nitrogens with one attached hydrogen (secondary N) is 1. The lowest BCUT2D eigenvalue weighted by Crippen LogP contribution is -2.33. The molecule has 1 heteroatoms. The standard InChI is InChI=1S/C14H16N/c1-3-9-14(10-4-2)11-12-7-5-6-8-13(12)15-14/h3-8,11,15H,1-2,9-10H2. The third kappa shape index (κ3) is 1.82. The SMILES string of the molecule is C=CCC1(CC=C)[CH]c2ccccc2N1. The molecule has 1 aliphatic heterocycles. The van der Waals surface area contributed by atoms with Crippen LogP contribution in [0.5, 0.6) is 0 Å². The topological polar surface area (TPSA) is 12.0 Å². The fourth-order valence-electron chi connectivity index (χ4n) is 2.16. The lowest BCUT2D eigenvalue weighted by molar-refractivity contribution is 0.577. The van der Waals surface area contributed by atoms with Crippen molar-refractivity contribution in [1.29, 1.82) is 0 Å². The maximum Gasteiger partial charge on any atom is 0.0518 e. The summed E-state index contributed by atoms with van der Waals surface area (Å²) in [5.41, 5.74) is 2.48. The van der Waals surface area contributed by atoms with Crippen LogP contribution < -0.4 is 5.32 Å². The summed E-state index contributed by atoms with van der Waals surface area (Å²) in [5.74, 6) is 0. The first kappa shape index (κ1) is 10.0. The second-order valence-electron chi connectivity index (χ2n) is 4.00. The highest BCUT2D eigenvalue weighted by Gasteiger charge is 2.34. The summed E-state index contributed by atoms with van der Waals surface area (Å²) in [7, 11) is 0. The summed E-state index contributed by atoms with van der Waals surface area (Å²) in [6.07, 6.45) is 8.05. The summed E-state index contributed by atoms with van der Waals surface area (Å²) in [5, 5.41) is 3.55. The van der Waals surface area contributed by atoms with Crippen LogP contribution in [-0.2, 0) is 0 Å². The Balaban J connectivity index is 2.27. The third-order valence-electron chi connectivity index (χ3n) is 2.79. The number of benzene rings is 1. The van der Waals surface area contributed by atoms with Gasteiger partial charge in [0.15, 0.2) is 0 Å². The predicted molar refractivity (Wildman–Crippen MR) is 65.8 cm³/mol. The van der Waals surface area contributed by atoms with Crippen molar-refractivity contribution in [3.8, 4) is 0 Å². The summed E-state index contributed by atoms with van der Waals surface area (Å²) in [4.78, 5) is 0. The molecule has 0 aromatic heterocycles. The van der Waals surface area contributed by atoms with E-state index in [-0.39, 0.29) is 5.54 Å². The van der Waals surface area contributed by atoms with Crippen molar-refractivity contribution in [3.05, 3.63) is 61.6 Å². The zero-order chi connectivity index (χ0) is 10.7. The number of rotatable bonds is 4. The van der Waals surface area contributed by atoms with Gasteiger partial charge >= 0.3 is 0 Å². The molecule has 15 heavy (non-hydrogen) atoms. The van der Waals surface area contributed by atoms with Gasteiger partial charge in [0, 0.05) is 12.1 Å². The summed E-state index contributed by atoms with van der Waals surface area (Å²) >= 11 is 0. The van der Waals surface area contributed by atoms with E-state index in [0.29, 0.717) is 0 Å². The smallest absolute Gasteiger partial charge is 0.0518 e. The highest BCUT2D eigenvalue weighted by atomic mass is 15.0. The van der Waals surface area contributed by atoms with E-state index in [0.717, 1.165) is 12.8 Å². The van der Waals surface area contributed by atoms with Crippen molar-refractivity contribution in [1.82, 2.24) is 0 Å². The molecule has 0 spiro atoms. The first-order chi connectivity index (χ1) is 7.29. The first-order valence-electron chi connectivity index (χ1n) is 5.24. The largest absolute Gasteiger partial charge is 0.378 e. The van der Waals surface area contributed by atoms with Gasteiger partial charge < -0.3 is 5.32 Å². The second-order valence-corrected chi connectivity index (χ2v) is 4.00. The van der Waals surface area contributed by atoms with E-state index in [9.17, 15) is 0 Å². The average Bonchev–Trinajstić information content (AvgIpc) is 2.56. The first-order valence-corrected chi connectivity index (χ1v) is 5.24. The second kappa shape index (κ2) is 3.93. The third-order valence-corrected chi connectivity index (χ3v) is 2.79. The predicted octanol–water partition coefficient (Wildman–Crippen LogP) is 3.56. The number of hydrogen-bond acceptors (Lipinski definition) is 1. The van der Waals surface area contributed by atoms with Crippen LogP contribution in [0.4, 0.5) is 5.69 Å². The molecule has 1 nitrogen and oxygen atoms in total. The summed E-state index contributed by atoms with van der Waals surface area (Å²) in [6, 6.07) is 8.36. The van der Waals surface area contributed by atoms with E-state index in [1.54, 1.807) is 0 Å². The molecular weight excluding hydrogens is 182 g/mol. The van der Waals surface area contributed by atoms with Gasteiger partial charge in [-0.15, -0.1) is 13.2 Å². The molecule has 0 aliphatic carbocycles. The zero-order valence-electron chi connectivity index (χ0n) is 8.87. The van der Waals surface area contributed by atoms with Crippen molar-refractivity contribution >= 4 is 5.69 Å². The maximum atomic E-state index is 3.82. The lowest BCUT2D eigenvalue weighted by atomic mass is 9.88. The lowest BCUT2D eigenvalue weighted by Gasteiger charge is -2.27. The van der Waals surface area contributed by atoms with Crippen molar-refractivity contribution in [3.63, 3.8) is 0 Å².